The number of halogens is 1. The third kappa shape index (κ3) is 10.7. The molecule has 2 fully saturated rings. The Morgan fingerprint density at radius 1 is 0.878 bits per heavy atom. The zero-order chi connectivity index (χ0) is 34.7. The molecule has 0 spiro atoms. The first kappa shape index (κ1) is 37.3. The van der Waals surface area contributed by atoms with Crippen molar-refractivity contribution < 1.29 is 26.4 Å². The Morgan fingerprint density at radius 3 is 2.14 bits per heavy atom. The van der Waals surface area contributed by atoms with Gasteiger partial charge in [0.25, 0.3) is 10.0 Å². The van der Waals surface area contributed by atoms with Gasteiger partial charge in [-0.25, -0.2) is 23.2 Å². The molecule has 0 unspecified atom stereocenters. The fraction of sp³-hybridized carbons (Fsp3) is 0.515. The molecular formula is C33H48FN8O5PS. The quantitative estimate of drug-likeness (QED) is 0.114. The summed E-state index contributed by atoms with van der Waals surface area (Å²) in [5.41, 5.74) is 4.58. The number of nitrogens with zero attached hydrogens (tertiary/aromatic N) is 5. The van der Waals surface area contributed by atoms with E-state index in [1.165, 1.54) is 29.4 Å². The van der Waals surface area contributed by atoms with Crippen LogP contribution < -0.4 is 16.1 Å². The van der Waals surface area contributed by atoms with Crippen LogP contribution in [0.5, 0.6) is 0 Å². The van der Waals surface area contributed by atoms with E-state index in [4.69, 9.17) is 9.05 Å². The lowest BCUT2D eigenvalue weighted by Gasteiger charge is -2.38. The van der Waals surface area contributed by atoms with E-state index in [2.05, 4.69) is 35.8 Å². The molecule has 2 aliphatic heterocycles. The first-order valence-corrected chi connectivity index (χ1v) is 20.2. The molecule has 49 heavy (non-hydrogen) atoms. The highest BCUT2D eigenvalue weighted by atomic mass is 32.2. The molecule has 13 nitrogen and oxygen atoms in total. The third-order valence-corrected chi connectivity index (χ3v) is 12.4. The van der Waals surface area contributed by atoms with E-state index in [1.54, 1.807) is 62.5 Å². The van der Waals surface area contributed by atoms with E-state index in [9.17, 15) is 17.4 Å². The van der Waals surface area contributed by atoms with Crippen LogP contribution in [0.4, 0.5) is 27.5 Å². The molecule has 0 radical (unpaired) electrons. The van der Waals surface area contributed by atoms with Crippen molar-refractivity contribution in [1.82, 2.24) is 29.6 Å². The second kappa shape index (κ2) is 17.8. The van der Waals surface area contributed by atoms with Crippen LogP contribution in [0.1, 0.15) is 39.5 Å². The van der Waals surface area contributed by atoms with Gasteiger partial charge in [0.05, 0.1) is 24.3 Å². The second-order valence-corrected chi connectivity index (χ2v) is 16.0. The molecule has 5 rings (SSSR count). The molecule has 16 heteroatoms. The summed E-state index contributed by atoms with van der Waals surface area (Å²) in [5, 5.41) is 6.24. The zero-order valence-corrected chi connectivity index (χ0v) is 30.0. The van der Waals surface area contributed by atoms with Gasteiger partial charge in [-0.1, -0.05) is 0 Å². The number of piperidine rings is 1. The highest BCUT2D eigenvalue weighted by Gasteiger charge is 2.35. The average molecular weight is 719 g/mol. The van der Waals surface area contributed by atoms with Gasteiger partial charge in [-0.3, -0.25) is 4.57 Å². The van der Waals surface area contributed by atoms with Crippen LogP contribution in [0.25, 0.3) is 0 Å². The number of sulfonamides is 1. The van der Waals surface area contributed by atoms with Crippen LogP contribution in [-0.2, 0) is 23.6 Å². The Balaban J connectivity index is 1.23. The summed E-state index contributed by atoms with van der Waals surface area (Å²) in [7, 11) is -7.04. The number of anilines is 4. The number of hydrogen-bond donors (Lipinski definition) is 3. The molecular weight excluding hydrogens is 670 g/mol. The highest BCUT2D eigenvalue weighted by Crippen LogP contribution is 2.47. The number of nitrogens with one attached hydrogen (secondary N) is 3. The van der Waals surface area contributed by atoms with E-state index in [1.807, 2.05) is 0 Å². The molecule has 2 aromatic carbocycles. The second-order valence-electron chi connectivity index (χ2n) is 12.0. The minimum absolute atomic E-state index is 0.177. The Bertz CT molecular complexity index is 1610. The number of aromatic nitrogens is 2. The van der Waals surface area contributed by atoms with Crippen molar-refractivity contribution in [3.8, 4) is 0 Å². The molecule has 0 bridgehead atoms. The fourth-order valence-electron chi connectivity index (χ4n) is 6.06. The highest BCUT2D eigenvalue weighted by molar-refractivity contribution is 7.89. The van der Waals surface area contributed by atoms with Crippen molar-refractivity contribution in [3.63, 3.8) is 0 Å². The predicted molar refractivity (Wildman–Crippen MR) is 189 cm³/mol. The minimum atomic E-state index is -3.89. The molecule has 2 saturated heterocycles. The Hall–Kier alpha value is -3.01. The van der Waals surface area contributed by atoms with Gasteiger partial charge in [0.1, 0.15) is 11.6 Å². The first-order chi connectivity index (χ1) is 23.7. The van der Waals surface area contributed by atoms with Gasteiger partial charge < -0.3 is 29.5 Å². The van der Waals surface area contributed by atoms with Crippen molar-refractivity contribution in [2.75, 3.05) is 75.8 Å². The lowest BCUT2D eigenvalue weighted by molar-refractivity contribution is 0.131. The van der Waals surface area contributed by atoms with Crippen molar-refractivity contribution in [3.05, 3.63) is 66.6 Å². The van der Waals surface area contributed by atoms with E-state index in [-0.39, 0.29) is 16.8 Å². The number of hydrazine groups is 1. The topological polar surface area (TPSA) is 141 Å². The van der Waals surface area contributed by atoms with E-state index >= 15 is 0 Å². The number of likely N-dealkylation sites (tertiary alicyclic amines) is 2. The van der Waals surface area contributed by atoms with Crippen LogP contribution >= 0.6 is 7.60 Å². The van der Waals surface area contributed by atoms with Crippen molar-refractivity contribution in [1.29, 1.82) is 0 Å². The maximum absolute atomic E-state index is 14.1. The van der Waals surface area contributed by atoms with Gasteiger partial charge in [0.15, 0.2) is 0 Å². The third-order valence-electron chi connectivity index (χ3n) is 8.56. The van der Waals surface area contributed by atoms with Gasteiger partial charge >= 0.3 is 7.60 Å². The van der Waals surface area contributed by atoms with E-state index < -0.39 is 17.6 Å². The molecule has 2 aliphatic rings. The summed E-state index contributed by atoms with van der Waals surface area (Å²) in [4.78, 5) is 13.5. The maximum atomic E-state index is 14.1. The fourth-order valence-corrected chi connectivity index (χ4v) is 9.28. The van der Waals surface area contributed by atoms with Gasteiger partial charge in [0, 0.05) is 43.2 Å². The summed E-state index contributed by atoms with van der Waals surface area (Å²) in [6.45, 7) is 9.50. The Kier molecular flexibility index (Phi) is 13.5. The lowest BCUT2D eigenvalue weighted by Crippen LogP contribution is -2.54. The number of rotatable bonds is 18. The SMILES string of the molecule is CCOP(=O)(CCN1CCC(N(NCCN2CCCC2)S(=O)(=O)c2ccc(Nc3nccc(Nc4ccc(F)cc4)n3)cc2)CC1)OCC. The molecule has 268 valence electrons. The number of hydrogen-bond acceptors (Lipinski definition) is 12. The summed E-state index contributed by atoms with van der Waals surface area (Å²) < 4.78 is 66.9. The van der Waals surface area contributed by atoms with E-state index in [0.717, 1.165) is 19.6 Å². The molecule has 3 heterocycles. The minimum Gasteiger partial charge on any atom is -0.340 e. The molecule has 0 atom stereocenters. The molecule has 1 aromatic heterocycles. The normalized spacial score (nSPS) is 16.7. The van der Waals surface area contributed by atoms with Crippen LogP contribution in [0.2, 0.25) is 0 Å². The molecule has 0 saturated carbocycles. The van der Waals surface area contributed by atoms with E-state index in [0.29, 0.717) is 81.5 Å². The molecule has 3 aromatic rings. The smallest absolute Gasteiger partial charge is 0.331 e. The van der Waals surface area contributed by atoms with Gasteiger partial charge in [-0.2, -0.15) is 4.98 Å². The van der Waals surface area contributed by atoms with Gasteiger partial charge in [0.2, 0.25) is 5.95 Å². The monoisotopic (exact) mass is 718 g/mol. The van der Waals surface area contributed by atoms with Crippen LogP contribution in [-0.4, -0.2) is 104 Å². The van der Waals surface area contributed by atoms with Crippen molar-refractivity contribution >= 4 is 40.8 Å². The zero-order valence-electron chi connectivity index (χ0n) is 28.3. The van der Waals surface area contributed by atoms with Crippen LogP contribution in [0.3, 0.4) is 0 Å². The Labute approximate surface area is 289 Å². The molecule has 0 amide bonds. The van der Waals surface area contributed by atoms with Crippen LogP contribution in [0, 0.1) is 5.82 Å². The Morgan fingerprint density at radius 2 is 1.49 bits per heavy atom. The summed E-state index contributed by atoms with van der Waals surface area (Å²) >= 11 is 0. The lowest BCUT2D eigenvalue weighted by atomic mass is 10.1. The molecule has 0 aliphatic carbocycles. The first-order valence-electron chi connectivity index (χ1n) is 17.0. The maximum Gasteiger partial charge on any atom is 0.331 e. The summed E-state index contributed by atoms with van der Waals surface area (Å²) in [6.07, 6.45) is 5.48. The van der Waals surface area contributed by atoms with Crippen molar-refractivity contribution in [2.45, 2.75) is 50.5 Å². The largest absolute Gasteiger partial charge is 0.340 e. The van der Waals surface area contributed by atoms with Gasteiger partial charge in [-0.05, 0) is 120 Å². The van der Waals surface area contributed by atoms with Crippen molar-refractivity contribution in [2.24, 2.45) is 0 Å². The molecule has 3 N–H and O–H groups in total. The predicted octanol–water partition coefficient (Wildman–Crippen LogP) is 5.42. The van der Waals surface area contributed by atoms with Crippen LogP contribution in [0.15, 0.2) is 65.7 Å². The summed E-state index contributed by atoms with van der Waals surface area (Å²) in [5.74, 6) is 0.509. The summed E-state index contributed by atoms with van der Waals surface area (Å²) in [6, 6.07) is 14.0. The average Bonchev–Trinajstić information content (AvgIpc) is 3.62. The number of benzene rings is 2. The van der Waals surface area contributed by atoms with Gasteiger partial charge in [-0.15, -0.1) is 4.41 Å². The standard InChI is InChI=1S/C33H48FN8O5PS/c1-3-46-48(43,47-4-2)26-25-41-22-16-30(17-23-41)42(36-19-24-40-20-5-6-21-40)49(44,45)31-13-11-29(12-14-31)38-33-35-18-15-32(39-33)37-28-9-7-27(34)8-10-28/h7-15,18,30,36H,3-6,16-17,19-26H2,1-2H3,(H2,35,37,38,39).